The van der Waals surface area contributed by atoms with Crippen LogP contribution < -0.4 is 11.1 Å². The highest BCUT2D eigenvalue weighted by Gasteiger charge is 2.21. The van der Waals surface area contributed by atoms with E-state index in [1.165, 1.54) is 32.1 Å². The van der Waals surface area contributed by atoms with Crippen molar-refractivity contribution in [1.82, 2.24) is 10.3 Å². The summed E-state index contributed by atoms with van der Waals surface area (Å²) in [5.74, 6) is 1.88. The second-order valence-corrected chi connectivity index (χ2v) is 5.64. The number of hydrogen-bond acceptors (Lipinski definition) is 4. The Morgan fingerprint density at radius 1 is 1.50 bits per heavy atom. The third kappa shape index (κ3) is 4.34. The fourth-order valence-corrected chi connectivity index (χ4v) is 2.78. The molecule has 112 valence electrons. The third-order valence-electron chi connectivity index (χ3n) is 4.01. The van der Waals surface area contributed by atoms with Crippen molar-refractivity contribution in [2.75, 3.05) is 0 Å². The summed E-state index contributed by atoms with van der Waals surface area (Å²) in [5.41, 5.74) is 5.98. The van der Waals surface area contributed by atoms with E-state index in [-0.39, 0.29) is 5.91 Å². The molecule has 0 aliphatic heterocycles. The fraction of sp³-hybridized carbons (Fsp3) is 0.733. The highest BCUT2D eigenvalue weighted by atomic mass is 16.4. The fourth-order valence-electron chi connectivity index (χ4n) is 2.78. The summed E-state index contributed by atoms with van der Waals surface area (Å²) in [6.45, 7) is 2.32. The monoisotopic (exact) mass is 279 g/mol. The van der Waals surface area contributed by atoms with Gasteiger partial charge in [0.05, 0.1) is 18.8 Å². The van der Waals surface area contributed by atoms with Crippen LogP contribution in [0.2, 0.25) is 0 Å². The summed E-state index contributed by atoms with van der Waals surface area (Å²) in [7, 11) is 0. The number of carbonyl (C=O) groups is 1. The molecule has 5 nitrogen and oxygen atoms in total. The Balaban J connectivity index is 1.72. The Bertz CT molecular complexity index is 425. The van der Waals surface area contributed by atoms with Gasteiger partial charge in [-0.15, -0.1) is 0 Å². The highest BCUT2D eigenvalue weighted by molar-refractivity contribution is 5.81. The van der Waals surface area contributed by atoms with Crippen LogP contribution in [0.5, 0.6) is 0 Å². The van der Waals surface area contributed by atoms with Crippen LogP contribution in [0, 0.1) is 5.92 Å². The lowest BCUT2D eigenvalue weighted by Crippen LogP contribution is -2.41. The van der Waals surface area contributed by atoms with Gasteiger partial charge in [-0.3, -0.25) is 4.79 Å². The first-order valence-corrected chi connectivity index (χ1v) is 7.66. The number of aryl methyl sites for hydroxylation is 1. The van der Waals surface area contributed by atoms with E-state index in [2.05, 4.69) is 10.3 Å². The van der Waals surface area contributed by atoms with Crippen LogP contribution in [0.1, 0.15) is 57.1 Å². The second-order valence-electron chi connectivity index (χ2n) is 5.64. The van der Waals surface area contributed by atoms with Gasteiger partial charge in [-0.05, 0) is 12.3 Å². The zero-order valence-electron chi connectivity index (χ0n) is 12.2. The third-order valence-corrected chi connectivity index (χ3v) is 4.01. The molecule has 1 amide bonds. The molecule has 1 aliphatic rings. The van der Waals surface area contributed by atoms with Crippen LogP contribution in [0.3, 0.4) is 0 Å². The minimum Gasteiger partial charge on any atom is -0.444 e. The molecule has 1 heterocycles. The molecule has 0 bridgehead atoms. The van der Waals surface area contributed by atoms with Gasteiger partial charge in [0.2, 0.25) is 11.8 Å². The molecule has 1 saturated carbocycles. The molecule has 1 fully saturated rings. The van der Waals surface area contributed by atoms with Crippen molar-refractivity contribution >= 4 is 5.91 Å². The lowest BCUT2D eigenvalue weighted by atomic mass is 9.85. The van der Waals surface area contributed by atoms with Crippen LogP contribution in [0.25, 0.3) is 0 Å². The molecular formula is C15H25N3O2. The number of rotatable bonds is 6. The Kier molecular flexibility index (Phi) is 5.59. The maximum absolute atomic E-state index is 12.0. The number of nitrogens with zero attached hydrogens (tertiary/aromatic N) is 1. The van der Waals surface area contributed by atoms with Crippen LogP contribution in [-0.4, -0.2) is 16.9 Å². The van der Waals surface area contributed by atoms with Gasteiger partial charge in [-0.1, -0.05) is 39.0 Å². The largest absolute Gasteiger partial charge is 0.444 e. The number of nitrogens with one attached hydrogen (secondary N) is 1. The number of hydrogen-bond donors (Lipinski definition) is 2. The lowest BCUT2D eigenvalue weighted by molar-refractivity contribution is -0.123. The zero-order valence-corrected chi connectivity index (χ0v) is 12.2. The molecule has 3 N–H and O–H groups in total. The summed E-state index contributed by atoms with van der Waals surface area (Å²) in [6.07, 6.45) is 9.58. The van der Waals surface area contributed by atoms with Gasteiger partial charge in [-0.2, -0.15) is 0 Å². The van der Waals surface area contributed by atoms with Gasteiger partial charge < -0.3 is 15.5 Å². The Morgan fingerprint density at radius 2 is 2.25 bits per heavy atom. The zero-order chi connectivity index (χ0) is 14.4. The molecule has 1 aromatic rings. The number of aromatic nitrogens is 1. The maximum Gasteiger partial charge on any atom is 0.237 e. The van der Waals surface area contributed by atoms with Crippen molar-refractivity contribution in [1.29, 1.82) is 0 Å². The van der Waals surface area contributed by atoms with E-state index in [4.69, 9.17) is 10.2 Å². The van der Waals surface area contributed by atoms with E-state index in [1.54, 1.807) is 6.20 Å². The van der Waals surface area contributed by atoms with Crippen LogP contribution >= 0.6 is 0 Å². The predicted octanol–water partition coefficient (Wildman–Crippen LogP) is 2.15. The normalized spacial score (nSPS) is 17.9. The first-order chi connectivity index (χ1) is 9.69. The molecular weight excluding hydrogens is 254 g/mol. The molecule has 0 saturated heterocycles. The van der Waals surface area contributed by atoms with Gasteiger partial charge in [0.25, 0.3) is 0 Å². The van der Waals surface area contributed by atoms with E-state index in [1.807, 2.05) is 6.92 Å². The van der Waals surface area contributed by atoms with Crippen LogP contribution in [0.15, 0.2) is 10.6 Å². The Hall–Kier alpha value is -1.36. The van der Waals surface area contributed by atoms with Crippen molar-refractivity contribution < 1.29 is 9.21 Å². The lowest BCUT2D eigenvalue weighted by Gasteiger charge is -2.23. The molecule has 0 spiro atoms. The standard InChI is InChI=1S/C15H25N3O2/c1-2-12-9-17-14(20-12)10-18-15(19)13(16)8-11-6-4-3-5-7-11/h9,11,13H,2-8,10,16H2,1H3,(H,18,19). The summed E-state index contributed by atoms with van der Waals surface area (Å²) in [5, 5.41) is 2.81. The van der Waals surface area contributed by atoms with E-state index in [9.17, 15) is 4.79 Å². The smallest absolute Gasteiger partial charge is 0.237 e. The van der Waals surface area contributed by atoms with Gasteiger partial charge >= 0.3 is 0 Å². The van der Waals surface area contributed by atoms with Crippen LogP contribution in [0.4, 0.5) is 0 Å². The SMILES string of the molecule is CCc1cnc(CNC(=O)C(N)CC2CCCCC2)o1. The minimum atomic E-state index is -0.418. The Labute approximate surface area is 120 Å². The average molecular weight is 279 g/mol. The number of carbonyl (C=O) groups excluding carboxylic acids is 1. The first kappa shape index (κ1) is 15.0. The first-order valence-electron chi connectivity index (χ1n) is 7.66. The van der Waals surface area contributed by atoms with Gasteiger partial charge in [0.15, 0.2) is 0 Å². The molecule has 0 aromatic carbocycles. The Morgan fingerprint density at radius 3 is 2.90 bits per heavy atom. The van der Waals surface area contributed by atoms with Crippen molar-refractivity contribution in [2.24, 2.45) is 11.7 Å². The average Bonchev–Trinajstić information content (AvgIpc) is 2.93. The summed E-state index contributed by atoms with van der Waals surface area (Å²) in [4.78, 5) is 16.1. The van der Waals surface area contributed by atoms with Crippen molar-refractivity contribution in [3.63, 3.8) is 0 Å². The molecule has 1 atom stereocenters. The van der Waals surface area contributed by atoms with Gasteiger partial charge in [-0.25, -0.2) is 4.98 Å². The van der Waals surface area contributed by atoms with Crippen LogP contribution in [-0.2, 0) is 17.8 Å². The molecule has 5 heteroatoms. The number of nitrogens with two attached hydrogens (primary N) is 1. The quantitative estimate of drug-likeness (QED) is 0.836. The summed E-state index contributed by atoms with van der Waals surface area (Å²) >= 11 is 0. The maximum atomic E-state index is 12.0. The van der Waals surface area contributed by atoms with Crippen molar-refractivity contribution in [3.8, 4) is 0 Å². The molecule has 1 unspecified atom stereocenters. The predicted molar refractivity (Wildman–Crippen MR) is 76.9 cm³/mol. The topological polar surface area (TPSA) is 81.2 Å². The molecule has 1 aliphatic carbocycles. The molecule has 20 heavy (non-hydrogen) atoms. The highest BCUT2D eigenvalue weighted by Crippen LogP contribution is 2.26. The number of amides is 1. The number of oxazole rings is 1. The van der Waals surface area contributed by atoms with E-state index >= 15 is 0 Å². The molecule has 1 aromatic heterocycles. The van der Waals surface area contributed by atoms with Gasteiger partial charge in [0, 0.05) is 6.42 Å². The van der Waals surface area contributed by atoms with Crippen molar-refractivity contribution in [3.05, 3.63) is 17.8 Å². The summed E-state index contributed by atoms with van der Waals surface area (Å²) < 4.78 is 5.45. The molecule has 0 radical (unpaired) electrons. The van der Waals surface area contributed by atoms with E-state index < -0.39 is 6.04 Å². The summed E-state index contributed by atoms with van der Waals surface area (Å²) in [6, 6.07) is -0.418. The molecule has 2 rings (SSSR count). The second kappa shape index (κ2) is 7.43. The van der Waals surface area contributed by atoms with Gasteiger partial charge in [0.1, 0.15) is 5.76 Å². The van der Waals surface area contributed by atoms with E-state index in [0.29, 0.717) is 18.4 Å². The minimum absolute atomic E-state index is 0.105. The van der Waals surface area contributed by atoms with Crippen molar-refractivity contribution in [2.45, 2.75) is 64.5 Å². The van der Waals surface area contributed by atoms with E-state index in [0.717, 1.165) is 18.6 Å².